The van der Waals surface area contributed by atoms with Crippen molar-refractivity contribution in [3.05, 3.63) is 59.4 Å². The van der Waals surface area contributed by atoms with Gasteiger partial charge in [0.05, 0.1) is 30.9 Å². The molecule has 1 aromatic heterocycles. The second-order valence-electron chi connectivity index (χ2n) is 7.38. The number of rotatable bonds is 9. The van der Waals surface area contributed by atoms with E-state index in [-0.39, 0.29) is 0 Å². The van der Waals surface area contributed by atoms with E-state index in [2.05, 4.69) is 33.7 Å². The lowest BCUT2D eigenvalue weighted by atomic mass is 10.2. The molecule has 3 aromatic rings. The molecule has 1 aliphatic rings. The van der Waals surface area contributed by atoms with E-state index in [1.54, 1.807) is 0 Å². The molecule has 0 amide bonds. The Balaban J connectivity index is 1.34. The summed E-state index contributed by atoms with van der Waals surface area (Å²) >= 11 is 5.93. The number of morpholine rings is 1. The van der Waals surface area contributed by atoms with Gasteiger partial charge in [-0.2, -0.15) is 0 Å². The SMILES string of the molecule is Clc1ccc(OCCCn2c(CCCN3CCOCC3)nc3ccccc32)cc1. The summed E-state index contributed by atoms with van der Waals surface area (Å²) in [5, 5.41) is 0.726. The zero-order valence-corrected chi connectivity index (χ0v) is 17.5. The first-order valence-corrected chi connectivity index (χ1v) is 10.8. The van der Waals surface area contributed by atoms with E-state index in [1.807, 2.05) is 24.3 Å². The van der Waals surface area contributed by atoms with Crippen LogP contribution >= 0.6 is 11.6 Å². The summed E-state index contributed by atoms with van der Waals surface area (Å²) in [7, 11) is 0. The fraction of sp³-hybridized carbons (Fsp3) is 0.435. The molecule has 0 radical (unpaired) electrons. The van der Waals surface area contributed by atoms with E-state index in [1.165, 1.54) is 11.3 Å². The Bertz CT molecular complexity index is 904. The third-order valence-electron chi connectivity index (χ3n) is 5.32. The van der Waals surface area contributed by atoms with Gasteiger partial charge in [0.25, 0.3) is 0 Å². The molecule has 0 N–H and O–H groups in total. The van der Waals surface area contributed by atoms with Gasteiger partial charge in [0, 0.05) is 31.1 Å². The van der Waals surface area contributed by atoms with E-state index in [0.717, 1.165) is 74.9 Å². The smallest absolute Gasteiger partial charge is 0.119 e. The van der Waals surface area contributed by atoms with Crippen LogP contribution < -0.4 is 4.74 Å². The van der Waals surface area contributed by atoms with Gasteiger partial charge in [-0.1, -0.05) is 23.7 Å². The van der Waals surface area contributed by atoms with Crippen molar-refractivity contribution in [1.29, 1.82) is 0 Å². The molecule has 154 valence electrons. The maximum atomic E-state index is 5.93. The number of halogens is 1. The summed E-state index contributed by atoms with van der Waals surface area (Å²) < 4.78 is 13.7. The molecular weight excluding hydrogens is 386 g/mol. The van der Waals surface area contributed by atoms with E-state index in [0.29, 0.717) is 6.61 Å². The second-order valence-corrected chi connectivity index (χ2v) is 7.82. The van der Waals surface area contributed by atoms with E-state index in [4.69, 9.17) is 26.1 Å². The first-order valence-electron chi connectivity index (χ1n) is 10.4. The monoisotopic (exact) mass is 413 g/mol. The van der Waals surface area contributed by atoms with E-state index in [9.17, 15) is 0 Å². The maximum Gasteiger partial charge on any atom is 0.119 e. The molecule has 1 saturated heterocycles. The van der Waals surface area contributed by atoms with E-state index >= 15 is 0 Å². The quantitative estimate of drug-likeness (QED) is 0.487. The molecule has 0 spiro atoms. The molecule has 2 heterocycles. The number of hydrogen-bond acceptors (Lipinski definition) is 4. The minimum absolute atomic E-state index is 0.668. The zero-order valence-electron chi connectivity index (χ0n) is 16.7. The van der Waals surface area contributed by atoms with Crippen molar-refractivity contribution in [2.45, 2.75) is 25.8 Å². The highest BCUT2D eigenvalue weighted by molar-refractivity contribution is 6.30. The fourth-order valence-electron chi connectivity index (χ4n) is 3.79. The topological polar surface area (TPSA) is 39.5 Å². The molecule has 0 unspecified atom stereocenters. The van der Waals surface area contributed by atoms with Gasteiger partial charge in [0.2, 0.25) is 0 Å². The third-order valence-corrected chi connectivity index (χ3v) is 5.57. The lowest BCUT2D eigenvalue weighted by Gasteiger charge is -2.26. The molecule has 4 rings (SSSR count). The highest BCUT2D eigenvalue weighted by Gasteiger charge is 2.13. The number of imidazole rings is 1. The van der Waals surface area contributed by atoms with Crippen molar-refractivity contribution in [2.75, 3.05) is 39.5 Å². The molecule has 29 heavy (non-hydrogen) atoms. The molecule has 0 bridgehead atoms. The summed E-state index contributed by atoms with van der Waals surface area (Å²) in [5.74, 6) is 2.03. The average molecular weight is 414 g/mol. The number of hydrogen-bond donors (Lipinski definition) is 0. The van der Waals surface area contributed by atoms with Gasteiger partial charge in [0.1, 0.15) is 11.6 Å². The summed E-state index contributed by atoms with van der Waals surface area (Å²) in [6.07, 6.45) is 3.04. The molecule has 1 fully saturated rings. The Labute approximate surface area is 177 Å². The Morgan fingerprint density at radius 3 is 2.59 bits per heavy atom. The summed E-state index contributed by atoms with van der Waals surface area (Å²) in [5.41, 5.74) is 2.29. The molecule has 6 heteroatoms. The number of ether oxygens (including phenoxy) is 2. The van der Waals surface area contributed by atoms with Crippen molar-refractivity contribution in [2.24, 2.45) is 0 Å². The van der Waals surface area contributed by atoms with Gasteiger partial charge in [0.15, 0.2) is 0 Å². The minimum atomic E-state index is 0.668. The van der Waals surface area contributed by atoms with Crippen LogP contribution in [0.1, 0.15) is 18.7 Å². The fourth-order valence-corrected chi connectivity index (χ4v) is 3.92. The number of fused-ring (bicyclic) bond motifs is 1. The lowest BCUT2D eigenvalue weighted by molar-refractivity contribution is 0.0374. The van der Waals surface area contributed by atoms with Gasteiger partial charge >= 0.3 is 0 Å². The molecule has 0 aliphatic carbocycles. The first kappa shape index (κ1) is 20.2. The summed E-state index contributed by atoms with van der Waals surface area (Å²) in [6.45, 7) is 6.46. The second kappa shape index (κ2) is 10.1. The van der Waals surface area contributed by atoms with Crippen LogP contribution in [0.15, 0.2) is 48.5 Å². The Morgan fingerprint density at radius 1 is 0.966 bits per heavy atom. The molecule has 2 aromatic carbocycles. The highest BCUT2D eigenvalue weighted by Crippen LogP contribution is 2.19. The van der Waals surface area contributed by atoms with Crippen LogP contribution in [0, 0.1) is 0 Å². The Kier molecular flexibility index (Phi) is 7.04. The van der Waals surface area contributed by atoms with Crippen molar-refractivity contribution in [3.63, 3.8) is 0 Å². The molecule has 0 atom stereocenters. The largest absolute Gasteiger partial charge is 0.494 e. The van der Waals surface area contributed by atoms with Gasteiger partial charge in [-0.3, -0.25) is 4.90 Å². The first-order chi connectivity index (χ1) is 14.3. The van der Waals surface area contributed by atoms with E-state index < -0.39 is 0 Å². The van der Waals surface area contributed by atoms with Crippen LogP contribution in [-0.2, 0) is 17.7 Å². The third kappa shape index (κ3) is 5.50. The zero-order chi connectivity index (χ0) is 19.9. The van der Waals surface area contributed by atoms with Crippen LogP contribution in [0.25, 0.3) is 11.0 Å². The molecule has 5 nitrogen and oxygen atoms in total. The summed E-state index contributed by atoms with van der Waals surface area (Å²) in [4.78, 5) is 7.39. The predicted octanol–water partition coefficient (Wildman–Crippen LogP) is 4.42. The maximum absolute atomic E-state index is 5.93. The highest BCUT2D eigenvalue weighted by atomic mass is 35.5. The number of nitrogens with zero attached hydrogens (tertiary/aromatic N) is 3. The van der Waals surface area contributed by atoms with Crippen molar-refractivity contribution < 1.29 is 9.47 Å². The number of aromatic nitrogens is 2. The lowest BCUT2D eigenvalue weighted by Crippen LogP contribution is -2.37. The van der Waals surface area contributed by atoms with Gasteiger partial charge in [-0.25, -0.2) is 4.98 Å². The van der Waals surface area contributed by atoms with Crippen LogP contribution in [0.4, 0.5) is 0 Å². The number of benzene rings is 2. The average Bonchev–Trinajstić information content (AvgIpc) is 3.11. The Hall–Kier alpha value is -2.08. The number of para-hydroxylation sites is 2. The van der Waals surface area contributed by atoms with Crippen LogP contribution in [0.3, 0.4) is 0 Å². The standard InChI is InChI=1S/C23H28ClN3O2/c24-19-8-10-20(11-9-19)29-16-4-13-27-22-6-2-1-5-21(22)25-23(27)7-3-12-26-14-17-28-18-15-26/h1-2,5-6,8-11H,3-4,7,12-18H2. The molecular formula is C23H28ClN3O2. The van der Waals surface area contributed by atoms with Crippen LogP contribution in [-0.4, -0.2) is 53.9 Å². The van der Waals surface area contributed by atoms with Crippen molar-refractivity contribution in [3.8, 4) is 5.75 Å². The predicted molar refractivity (Wildman–Crippen MR) is 117 cm³/mol. The molecule has 1 aliphatic heterocycles. The van der Waals surface area contributed by atoms with Gasteiger partial charge in [-0.05, 0) is 55.8 Å². The summed E-state index contributed by atoms with van der Waals surface area (Å²) in [6, 6.07) is 15.9. The minimum Gasteiger partial charge on any atom is -0.494 e. The molecule has 0 saturated carbocycles. The van der Waals surface area contributed by atoms with Crippen molar-refractivity contribution in [1.82, 2.24) is 14.5 Å². The number of aryl methyl sites for hydroxylation is 2. The van der Waals surface area contributed by atoms with Gasteiger partial charge in [-0.15, -0.1) is 0 Å². The normalized spacial score (nSPS) is 15.1. The van der Waals surface area contributed by atoms with Gasteiger partial charge < -0.3 is 14.0 Å². The van der Waals surface area contributed by atoms with Crippen LogP contribution in [0.2, 0.25) is 5.02 Å². The Morgan fingerprint density at radius 2 is 1.76 bits per heavy atom. The van der Waals surface area contributed by atoms with Crippen molar-refractivity contribution >= 4 is 22.6 Å². The van der Waals surface area contributed by atoms with Crippen LogP contribution in [0.5, 0.6) is 5.75 Å².